The summed E-state index contributed by atoms with van der Waals surface area (Å²) in [6.45, 7) is 2.58. The summed E-state index contributed by atoms with van der Waals surface area (Å²) in [6.07, 6.45) is 3.27. The summed E-state index contributed by atoms with van der Waals surface area (Å²) in [4.78, 5) is 38.6. The van der Waals surface area contributed by atoms with Gasteiger partial charge in [-0.05, 0) is 36.1 Å². The molecule has 1 unspecified atom stereocenters. The molecule has 176 valence electrons. The molecule has 3 aromatic rings. The number of ether oxygens (including phenoxy) is 1. The zero-order valence-electron chi connectivity index (χ0n) is 19.4. The van der Waals surface area contributed by atoms with Crippen LogP contribution in [0.1, 0.15) is 30.4 Å². The molecule has 2 aromatic carbocycles. The number of carbonyl (C=O) groups excluding carboxylic acids is 2. The van der Waals surface area contributed by atoms with E-state index in [2.05, 4.69) is 22.0 Å². The molecule has 5 rings (SSSR count). The van der Waals surface area contributed by atoms with Crippen LogP contribution in [0, 0.1) is 5.92 Å². The molecule has 2 saturated heterocycles. The Morgan fingerprint density at radius 2 is 1.79 bits per heavy atom. The Kier molecular flexibility index (Phi) is 6.30. The van der Waals surface area contributed by atoms with Gasteiger partial charge in [-0.25, -0.2) is 5.06 Å². The van der Waals surface area contributed by atoms with E-state index in [0.717, 1.165) is 36.1 Å². The number of fused-ring (bicyclic) bond motifs is 1. The molecule has 1 amide bonds. The third kappa shape index (κ3) is 4.17. The highest BCUT2D eigenvalue weighted by Crippen LogP contribution is 2.45. The number of pyridine rings is 1. The average Bonchev–Trinajstić information content (AvgIpc) is 3.15. The van der Waals surface area contributed by atoms with Crippen LogP contribution in [0.4, 0.5) is 0 Å². The Hall–Kier alpha value is -3.29. The molecule has 7 nitrogen and oxygen atoms in total. The zero-order valence-corrected chi connectivity index (χ0v) is 19.4. The van der Waals surface area contributed by atoms with Crippen LogP contribution >= 0.6 is 0 Å². The van der Waals surface area contributed by atoms with Crippen molar-refractivity contribution < 1.29 is 19.2 Å². The lowest BCUT2D eigenvalue weighted by Crippen LogP contribution is -2.57. The fourth-order valence-electron chi connectivity index (χ4n) is 5.38. The average molecular weight is 460 g/mol. The molecular weight excluding hydrogens is 430 g/mol. The van der Waals surface area contributed by atoms with Crippen molar-refractivity contribution in [2.24, 2.45) is 5.92 Å². The summed E-state index contributed by atoms with van der Waals surface area (Å²) >= 11 is 0. The number of amides is 1. The number of para-hydroxylation sites is 1. The van der Waals surface area contributed by atoms with Crippen molar-refractivity contribution in [2.75, 3.05) is 20.2 Å². The van der Waals surface area contributed by atoms with Crippen molar-refractivity contribution in [1.29, 1.82) is 0 Å². The molecule has 0 aliphatic carbocycles. The Labute approximate surface area is 199 Å². The third-order valence-electron chi connectivity index (χ3n) is 7.20. The molecule has 34 heavy (non-hydrogen) atoms. The van der Waals surface area contributed by atoms with Gasteiger partial charge >= 0.3 is 5.97 Å². The Morgan fingerprint density at radius 3 is 2.56 bits per heavy atom. The van der Waals surface area contributed by atoms with E-state index >= 15 is 0 Å². The highest BCUT2D eigenvalue weighted by molar-refractivity contribution is 5.88. The van der Waals surface area contributed by atoms with Crippen LogP contribution in [0.3, 0.4) is 0 Å². The van der Waals surface area contributed by atoms with Crippen molar-refractivity contribution in [2.45, 2.75) is 38.0 Å². The normalized spacial score (nSPS) is 20.2. The van der Waals surface area contributed by atoms with Gasteiger partial charge in [0.15, 0.2) is 0 Å². The Balaban J connectivity index is 1.34. The summed E-state index contributed by atoms with van der Waals surface area (Å²) in [5.41, 5.74) is 2.51. The highest BCUT2D eigenvalue weighted by Gasteiger charge is 2.58. The number of nitrogens with zero attached hydrogens (tertiary/aromatic N) is 3. The largest absolute Gasteiger partial charge is 0.469 e. The lowest BCUT2D eigenvalue weighted by atomic mass is 9.77. The second kappa shape index (κ2) is 9.52. The molecule has 0 saturated carbocycles. The molecule has 1 aromatic heterocycles. The van der Waals surface area contributed by atoms with Gasteiger partial charge in [-0.3, -0.25) is 24.3 Å². The number of piperidine rings is 1. The molecule has 0 N–H and O–H groups in total. The minimum Gasteiger partial charge on any atom is -0.469 e. The summed E-state index contributed by atoms with van der Waals surface area (Å²) in [5, 5.41) is 2.66. The van der Waals surface area contributed by atoms with E-state index in [1.165, 1.54) is 17.7 Å². The van der Waals surface area contributed by atoms with Crippen molar-refractivity contribution in [3.8, 4) is 0 Å². The van der Waals surface area contributed by atoms with E-state index in [4.69, 9.17) is 9.57 Å². The monoisotopic (exact) mass is 459 g/mol. The second-order valence-corrected chi connectivity index (χ2v) is 9.09. The van der Waals surface area contributed by atoms with Gasteiger partial charge in [-0.1, -0.05) is 48.5 Å². The number of rotatable bonds is 6. The van der Waals surface area contributed by atoms with Crippen LogP contribution in [0.25, 0.3) is 10.9 Å². The van der Waals surface area contributed by atoms with Gasteiger partial charge in [0.25, 0.3) is 0 Å². The second-order valence-electron chi connectivity index (χ2n) is 9.09. The van der Waals surface area contributed by atoms with Gasteiger partial charge in [-0.2, -0.15) is 0 Å². The standard InChI is InChI=1S/C27H29N3O4/c1-33-26(32)23-17-25(31)30(34-19-20-7-3-2-4-8-20)27(23)12-15-29(16-13-27)18-21-11-14-28-24-10-6-5-9-22(21)24/h2-11,14,23H,12-13,15-19H2,1H3. The molecule has 2 aliphatic rings. The maximum Gasteiger partial charge on any atom is 0.311 e. The maximum absolute atomic E-state index is 13.0. The van der Waals surface area contributed by atoms with Gasteiger partial charge in [0.1, 0.15) is 6.61 Å². The van der Waals surface area contributed by atoms with Crippen molar-refractivity contribution in [3.05, 3.63) is 78.0 Å². The Bertz CT molecular complexity index is 1170. The topological polar surface area (TPSA) is 72.0 Å². The van der Waals surface area contributed by atoms with Gasteiger partial charge < -0.3 is 4.74 Å². The quantitative estimate of drug-likeness (QED) is 0.523. The van der Waals surface area contributed by atoms with E-state index in [-0.39, 0.29) is 24.9 Å². The van der Waals surface area contributed by atoms with Crippen LogP contribution in [-0.4, -0.2) is 52.6 Å². The first-order valence-corrected chi connectivity index (χ1v) is 11.7. The van der Waals surface area contributed by atoms with Gasteiger partial charge in [0.05, 0.1) is 24.1 Å². The van der Waals surface area contributed by atoms with E-state index in [1.54, 1.807) is 0 Å². The minimum atomic E-state index is -0.685. The first-order chi connectivity index (χ1) is 16.6. The van der Waals surface area contributed by atoms with Crippen molar-refractivity contribution in [1.82, 2.24) is 14.9 Å². The van der Waals surface area contributed by atoms with Crippen LogP contribution in [-0.2, 0) is 32.3 Å². The summed E-state index contributed by atoms with van der Waals surface area (Å²) in [7, 11) is 1.39. The predicted octanol–water partition coefficient (Wildman–Crippen LogP) is 3.72. The molecule has 0 radical (unpaired) electrons. The molecule has 7 heteroatoms. The zero-order chi connectivity index (χ0) is 23.5. The number of esters is 1. The number of methoxy groups -OCH3 is 1. The van der Waals surface area contributed by atoms with Crippen LogP contribution in [0.2, 0.25) is 0 Å². The first kappa shape index (κ1) is 22.5. The number of hydroxylamine groups is 2. The minimum absolute atomic E-state index is 0.121. The van der Waals surface area contributed by atoms with E-state index < -0.39 is 11.5 Å². The molecule has 2 fully saturated rings. The summed E-state index contributed by atoms with van der Waals surface area (Å²) < 4.78 is 5.10. The van der Waals surface area contributed by atoms with Gasteiger partial charge in [0.2, 0.25) is 5.91 Å². The number of likely N-dealkylation sites (tertiary alicyclic amines) is 1. The lowest BCUT2D eigenvalue weighted by molar-refractivity contribution is -0.229. The van der Waals surface area contributed by atoms with E-state index in [1.807, 2.05) is 54.7 Å². The van der Waals surface area contributed by atoms with Gasteiger partial charge in [-0.15, -0.1) is 0 Å². The number of aromatic nitrogens is 1. The smallest absolute Gasteiger partial charge is 0.311 e. The lowest BCUT2D eigenvalue weighted by Gasteiger charge is -2.45. The fraction of sp³-hybridized carbons (Fsp3) is 0.370. The van der Waals surface area contributed by atoms with Crippen LogP contribution in [0.15, 0.2) is 66.9 Å². The molecule has 2 aliphatic heterocycles. The van der Waals surface area contributed by atoms with E-state index in [0.29, 0.717) is 12.8 Å². The summed E-state index contributed by atoms with van der Waals surface area (Å²) in [6, 6.07) is 20.0. The number of benzene rings is 2. The molecule has 0 bridgehead atoms. The summed E-state index contributed by atoms with van der Waals surface area (Å²) in [5.74, 6) is -1.02. The molecule has 3 heterocycles. The Morgan fingerprint density at radius 1 is 1.06 bits per heavy atom. The number of hydrogen-bond donors (Lipinski definition) is 0. The van der Waals surface area contributed by atoms with E-state index in [9.17, 15) is 9.59 Å². The van der Waals surface area contributed by atoms with Crippen molar-refractivity contribution in [3.63, 3.8) is 0 Å². The predicted molar refractivity (Wildman–Crippen MR) is 127 cm³/mol. The van der Waals surface area contributed by atoms with Gasteiger partial charge in [0, 0.05) is 37.6 Å². The SMILES string of the molecule is COC(=O)C1CC(=O)N(OCc2ccccc2)C12CCN(Cc1ccnc3ccccc13)CC2. The number of hydrogen-bond acceptors (Lipinski definition) is 6. The van der Waals surface area contributed by atoms with Crippen LogP contribution in [0.5, 0.6) is 0 Å². The molecule has 1 spiro atoms. The highest BCUT2D eigenvalue weighted by atomic mass is 16.7. The van der Waals surface area contributed by atoms with Crippen molar-refractivity contribution >= 4 is 22.8 Å². The number of carbonyl (C=O) groups is 2. The maximum atomic E-state index is 13.0. The van der Waals surface area contributed by atoms with Crippen LogP contribution < -0.4 is 0 Å². The molecular formula is C27H29N3O4. The third-order valence-corrected chi connectivity index (χ3v) is 7.20. The fourth-order valence-corrected chi connectivity index (χ4v) is 5.38. The molecule has 1 atom stereocenters. The first-order valence-electron chi connectivity index (χ1n) is 11.7.